The van der Waals surface area contributed by atoms with Crippen molar-refractivity contribution in [2.75, 3.05) is 63.8 Å². The van der Waals surface area contributed by atoms with E-state index in [4.69, 9.17) is 18.9 Å². The van der Waals surface area contributed by atoms with Crippen LogP contribution in [0.2, 0.25) is 0 Å². The predicted molar refractivity (Wildman–Crippen MR) is 325 cm³/mol. The average Bonchev–Trinajstić information content (AvgIpc) is 0.765. The van der Waals surface area contributed by atoms with E-state index in [1.54, 1.807) is 0 Å². The third-order valence-corrected chi connectivity index (χ3v) is 20.6. The second kappa shape index (κ2) is 40.8. The van der Waals surface area contributed by atoms with Crippen LogP contribution in [-0.2, 0) is 89.3 Å². The van der Waals surface area contributed by atoms with Crippen LogP contribution in [-0.4, -0.2) is 158 Å². The van der Waals surface area contributed by atoms with E-state index in [0.717, 1.165) is 77.0 Å². The van der Waals surface area contributed by atoms with Crippen molar-refractivity contribution in [3.8, 4) is 34.5 Å². The molecule has 0 fully saturated rings. The molecule has 36 nitrogen and oxygen atoms in total. The van der Waals surface area contributed by atoms with Crippen LogP contribution in [0.1, 0.15) is 0 Å². The number of rotatable bonds is 26. The van der Waals surface area contributed by atoms with E-state index >= 15 is 0 Å². The zero-order valence-corrected chi connectivity index (χ0v) is 76.7. The maximum Gasteiger partial charge on any atom is 1.00 e. The minimum Gasteiger partial charge on any atom is -0.744 e. The number of nitrogens with one attached hydrogen (secondary N) is 2. The van der Waals surface area contributed by atoms with Crippen LogP contribution < -0.4 is 272 Å². The van der Waals surface area contributed by atoms with E-state index in [0.29, 0.717) is 0 Å². The monoisotopic (exact) mass is 1670 g/mol. The van der Waals surface area contributed by atoms with Gasteiger partial charge >= 0.3 is 243 Å². The van der Waals surface area contributed by atoms with Gasteiger partial charge in [0.15, 0.2) is 31.2 Å². The van der Waals surface area contributed by atoms with Crippen LogP contribution in [0.15, 0.2) is 171 Å². The fourth-order valence-corrected chi connectivity index (χ4v) is 14.4. The van der Waals surface area contributed by atoms with Gasteiger partial charge in [-0.3, -0.25) is 8.37 Å². The SMILES string of the molecule is COc1cc(S(=O)(=O)CCOS(=O)(=O)[O-])c(OC)cc1N=Nc1c(S(=O)(=O)[O-])cc2ccc(Nc3ccccc3S(=O)(=O)[O-])cc2c1O.COc1cc(S(=O)(=O)CCOS(=O)(=O)[O-])c(OC)cc1N=Nc1c(S(=O)(=O)[O-])cc2ccc(Nc3ccccc3S(=O)(=O)[O-])cc2c1O.[K+].[K+].[K+].[Na+].[Na+].[Na+]. The summed E-state index contributed by atoms with van der Waals surface area (Å²) < 4.78 is 287. The third-order valence-electron chi connectivity index (χ3n) is 12.8. The van der Waals surface area contributed by atoms with Crippen LogP contribution in [0.5, 0.6) is 34.5 Å². The van der Waals surface area contributed by atoms with Crippen molar-refractivity contribution < 1.29 is 375 Å². The van der Waals surface area contributed by atoms with E-state index < -0.39 is 158 Å². The Hall–Kier alpha value is -0.931. The number of ether oxygens (including phenoxy) is 4. The van der Waals surface area contributed by atoms with E-state index in [9.17, 15) is 105 Å². The summed E-state index contributed by atoms with van der Waals surface area (Å²) in [4.78, 5) is -4.17. The molecule has 0 aliphatic carbocycles. The first-order valence-electron chi connectivity index (χ1n) is 25.7. The Balaban J connectivity index is 0.000000963. The van der Waals surface area contributed by atoms with Crippen LogP contribution in [0.3, 0.4) is 0 Å². The van der Waals surface area contributed by atoms with Crippen LogP contribution in [0.4, 0.5) is 45.5 Å². The van der Waals surface area contributed by atoms with Gasteiger partial charge < -0.3 is 67.1 Å². The standard InChI is InChI=1S/2C26H25N3O15S4.3K.3Na/c2*1-42-20-14-23(45(31,32)10-9-44-48(39,40)41)21(43-2)13-19(20)28-29-25-24(47(36,37)38)11-15-7-8-16(12-17(15)26(25)30)27-18-5-3-4-6-22(18)46(33,34)35;;;;;;/h2*3-8,11-14,27,30H,9-10H2,1-2H3,(H,33,34,35)(H,36,37,38)(H,39,40,41);;;;;;/q;;6*+1/p-6. The summed E-state index contributed by atoms with van der Waals surface area (Å²) in [7, 11) is -35.1. The predicted octanol–water partition coefficient (Wildman–Crippen LogP) is -12.4. The number of benzene rings is 8. The second-order valence-corrected chi connectivity index (χ2v) is 30.6. The van der Waals surface area contributed by atoms with Crippen molar-refractivity contribution >= 4 is 148 Å². The first kappa shape index (κ1) is 99.1. The van der Waals surface area contributed by atoms with Gasteiger partial charge in [0.1, 0.15) is 96.0 Å². The molecule has 0 aromatic heterocycles. The first-order valence-corrected chi connectivity index (χ1v) is 37.3. The fourth-order valence-electron chi connectivity index (χ4n) is 8.57. The summed E-state index contributed by atoms with van der Waals surface area (Å²) in [5, 5.41) is 42.8. The van der Waals surface area contributed by atoms with Gasteiger partial charge in [-0.2, -0.15) is 0 Å². The quantitative estimate of drug-likeness (QED) is 0.0169. The fraction of sp³-hybridized carbons (Fsp3) is 0.154. The Labute approximate surface area is 778 Å². The molecule has 516 valence electrons. The van der Waals surface area contributed by atoms with Gasteiger partial charge in [0.05, 0.1) is 84.1 Å². The summed E-state index contributed by atoms with van der Waals surface area (Å²) in [5.41, 5.74) is -2.15. The number of sulfone groups is 2. The first-order chi connectivity index (χ1) is 44.5. The molecule has 102 heavy (non-hydrogen) atoms. The Morgan fingerprint density at radius 2 is 0.676 bits per heavy atom. The van der Waals surface area contributed by atoms with Gasteiger partial charge in [-0.15, -0.1) is 20.5 Å². The molecular weight excluding hydrogens is 1630 g/mol. The van der Waals surface area contributed by atoms with Gasteiger partial charge in [0.25, 0.3) is 0 Å². The zero-order valence-electron chi connectivity index (χ0n) is 54.8. The molecule has 0 saturated carbocycles. The molecule has 0 aliphatic rings. The molecule has 0 atom stereocenters. The van der Waals surface area contributed by atoms with Gasteiger partial charge in [0, 0.05) is 46.4 Å². The maximum atomic E-state index is 12.8. The molecule has 8 rings (SSSR count). The van der Waals surface area contributed by atoms with E-state index in [-0.39, 0.29) is 321 Å². The number of nitrogens with zero attached hydrogens (tertiary/aromatic N) is 4. The van der Waals surface area contributed by atoms with Gasteiger partial charge in [-0.25, -0.2) is 67.3 Å². The van der Waals surface area contributed by atoms with Crippen molar-refractivity contribution in [1.82, 2.24) is 0 Å². The molecule has 8 aromatic rings. The number of azo groups is 2. The largest absolute Gasteiger partial charge is 1.00 e. The van der Waals surface area contributed by atoms with Gasteiger partial charge in [-0.1, -0.05) is 36.4 Å². The molecule has 50 heteroatoms. The molecule has 0 unspecified atom stereocenters. The molecule has 8 aromatic carbocycles. The molecule has 0 bridgehead atoms. The summed E-state index contributed by atoms with van der Waals surface area (Å²) >= 11 is 0. The zero-order chi connectivity index (χ0) is 71.3. The normalized spacial score (nSPS) is 12.0. The van der Waals surface area contributed by atoms with Gasteiger partial charge in [0.2, 0.25) is 20.8 Å². The minimum atomic E-state index is -5.30. The van der Waals surface area contributed by atoms with Crippen molar-refractivity contribution in [3.63, 3.8) is 0 Å². The number of para-hydroxylation sites is 2. The number of phenolic OH excluding ortho intramolecular Hbond substituents is 2. The third kappa shape index (κ3) is 26.7. The smallest absolute Gasteiger partial charge is 0.744 e. The van der Waals surface area contributed by atoms with Crippen molar-refractivity contribution in [2.24, 2.45) is 20.5 Å². The Kier molecular flexibility index (Phi) is 39.7. The van der Waals surface area contributed by atoms with Gasteiger partial charge in [-0.05, 0) is 71.4 Å². The van der Waals surface area contributed by atoms with E-state index in [1.165, 1.54) is 72.8 Å². The average molecular weight is 1680 g/mol. The minimum absolute atomic E-state index is 0. The number of hydrogen-bond acceptors (Lipinski definition) is 36. The molecule has 0 heterocycles. The summed E-state index contributed by atoms with van der Waals surface area (Å²) in [6.45, 7) is -2.01. The molecule has 0 aliphatic heterocycles. The summed E-state index contributed by atoms with van der Waals surface area (Å²) in [5.74, 6) is -4.94. The van der Waals surface area contributed by atoms with Crippen LogP contribution in [0, 0.1) is 0 Å². The van der Waals surface area contributed by atoms with E-state index in [1.807, 2.05) is 0 Å². The van der Waals surface area contributed by atoms with Crippen LogP contribution in [0.25, 0.3) is 21.5 Å². The summed E-state index contributed by atoms with van der Waals surface area (Å²) in [6.07, 6.45) is 0. The van der Waals surface area contributed by atoms with Crippen molar-refractivity contribution in [1.29, 1.82) is 0 Å². The Morgan fingerprint density at radius 3 is 0.961 bits per heavy atom. The molecular formula is C52H44K3N6Na3O30S8. The molecule has 4 N–H and O–H groups in total. The number of methoxy groups -OCH3 is 4. The Morgan fingerprint density at radius 1 is 0.373 bits per heavy atom. The number of phenols is 2. The molecule has 0 saturated heterocycles. The number of fused-ring (bicyclic) bond motifs is 2. The van der Waals surface area contributed by atoms with Crippen molar-refractivity contribution in [2.45, 2.75) is 29.4 Å². The maximum absolute atomic E-state index is 12.8. The second-order valence-electron chi connectivity index (χ2n) is 18.9. The topological polar surface area (TPSA) is 581 Å². The van der Waals surface area contributed by atoms with Crippen molar-refractivity contribution in [3.05, 3.63) is 121 Å². The summed E-state index contributed by atoms with van der Waals surface area (Å²) in [6, 6.07) is 23.8. The number of anilines is 4. The molecule has 0 radical (unpaired) electrons. The van der Waals surface area contributed by atoms with Crippen LogP contribution >= 0.6 is 0 Å². The molecule has 0 spiro atoms. The molecule has 0 amide bonds. The van der Waals surface area contributed by atoms with E-state index in [2.05, 4.69) is 39.5 Å². The number of aromatic hydroxyl groups is 2. The number of hydrogen-bond donors (Lipinski definition) is 4. The Bertz CT molecular complexity index is 5130.